The summed E-state index contributed by atoms with van der Waals surface area (Å²) in [5.74, 6) is 0.614. The van der Waals surface area contributed by atoms with Crippen molar-refractivity contribution in [2.24, 2.45) is 0 Å². The van der Waals surface area contributed by atoms with Gasteiger partial charge in [0.1, 0.15) is 17.4 Å². The molecule has 8 heteroatoms. The van der Waals surface area contributed by atoms with E-state index in [0.717, 1.165) is 41.9 Å². The van der Waals surface area contributed by atoms with Crippen LogP contribution in [0.15, 0.2) is 48.2 Å². The summed E-state index contributed by atoms with van der Waals surface area (Å²) in [7, 11) is 0. The topological polar surface area (TPSA) is 108 Å². The van der Waals surface area contributed by atoms with E-state index in [1.807, 2.05) is 25.1 Å². The molecule has 4 N–H and O–H groups in total. The van der Waals surface area contributed by atoms with Crippen LogP contribution in [-0.4, -0.2) is 64.4 Å². The summed E-state index contributed by atoms with van der Waals surface area (Å²) >= 11 is 0. The van der Waals surface area contributed by atoms with E-state index >= 15 is 0 Å². The molecule has 0 atom stereocenters. The molecule has 0 saturated heterocycles. The number of hydrogen-bond donors (Lipinski definition) is 4. The maximum atomic E-state index is 12.5. The molecule has 0 fully saturated rings. The fourth-order valence-corrected chi connectivity index (χ4v) is 4.05. The van der Waals surface area contributed by atoms with E-state index in [-0.39, 0.29) is 24.0 Å². The Labute approximate surface area is 193 Å². The number of carbonyl (C=O) groups is 1. The Bertz CT molecular complexity index is 1210. The van der Waals surface area contributed by atoms with E-state index in [1.165, 1.54) is 0 Å². The predicted octanol–water partition coefficient (Wildman–Crippen LogP) is 3.71. The SMILES string of the molecule is CCN(CC)CCNC(=O)c1ccc(N2CC(O)=C(c3nc4ccc(C)cc4[nH]3)C2=N)cc1. The molecule has 1 aromatic heterocycles. The normalized spacial score (nSPS) is 14.1. The Balaban J connectivity index is 1.44. The first kappa shape index (κ1) is 22.5. The van der Waals surface area contributed by atoms with Gasteiger partial charge in [-0.2, -0.15) is 0 Å². The molecule has 0 unspecified atom stereocenters. The van der Waals surface area contributed by atoms with Crippen molar-refractivity contribution in [2.75, 3.05) is 37.6 Å². The second-order valence-corrected chi connectivity index (χ2v) is 8.19. The number of amides is 1. The molecule has 0 bridgehead atoms. The van der Waals surface area contributed by atoms with Gasteiger partial charge >= 0.3 is 0 Å². The van der Waals surface area contributed by atoms with Gasteiger partial charge in [0, 0.05) is 24.3 Å². The van der Waals surface area contributed by atoms with E-state index in [2.05, 4.69) is 34.0 Å². The van der Waals surface area contributed by atoms with E-state index in [4.69, 9.17) is 5.41 Å². The van der Waals surface area contributed by atoms with Crippen LogP contribution in [0.25, 0.3) is 16.6 Å². The summed E-state index contributed by atoms with van der Waals surface area (Å²) in [6.45, 7) is 9.72. The molecule has 1 aliphatic heterocycles. The lowest BCUT2D eigenvalue weighted by atomic mass is 10.1. The molecular weight excluding hydrogens is 416 g/mol. The highest BCUT2D eigenvalue weighted by molar-refractivity contribution is 6.30. The quantitative estimate of drug-likeness (QED) is 0.422. The van der Waals surface area contributed by atoms with Crippen LogP contribution in [0.3, 0.4) is 0 Å². The summed E-state index contributed by atoms with van der Waals surface area (Å²) in [5.41, 5.74) is 4.45. The minimum atomic E-state index is -0.121. The average Bonchev–Trinajstić information content (AvgIpc) is 3.35. The van der Waals surface area contributed by atoms with Gasteiger partial charge in [0.2, 0.25) is 0 Å². The third-order valence-corrected chi connectivity index (χ3v) is 6.03. The average molecular weight is 447 g/mol. The molecule has 0 saturated carbocycles. The van der Waals surface area contributed by atoms with Gasteiger partial charge in [0.25, 0.3) is 5.91 Å². The van der Waals surface area contributed by atoms with Crippen LogP contribution >= 0.6 is 0 Å². The molecule has 1 amide bonds. The highest BCUT2D eigenvalue weighted by Gasteiger charge is 2.31. The lowest BCUT2D eigenvalue weighted by Crippen LogP contribution is -2.34. The zero-order chi connectivity index (χ0) is 23.5. The monoisotopic (exact) mass is 446 g/mol. The van der Waals surface area contributed by atoms with Crippen molar-refractivity contribution < 1.29 is 9.90 Å². The number of fused-ring (bicyclic) bond motifs is 1. The number of nitrogens with zero attached hydrogens (tertiary/aromatic N) is 3. The first-order valence-electron chi connectivity index (χ1n) is 11.3. The number of hydrogen-bond acceptors (Lipinski definition) is 5. The number of carbonyl (C=O) groups excluding carboxylic acids is 1. The molecule has 4 rings (SSSR count). The van der Waals surface area contributed by atoms with Crippen molar-refractivity contribution >= 4 is 34.0 Å². The number of benzene rings is 2. The number of aliphatic hydroxyl groups excluding tert-OH is 1. The number of aromatic amines is 1. The Morgan fingerprint density at radius 1 is 1.21 bits per heavy atom. The van der Waals surface area contributed by atoms with Crippen LogP contribution in [0.2, 0.25) is 0 Å². The number of aliphatic hydroxyl groups is 1. The van der Waals surface area contributed by atoms with Gasteiger partial charge in [0.15, 0.2) is 0 Å². The Hall–Kier alpha value is -3.65. The van der Waals surface area contributed by atoms with Crippen LogP contribution in [0.5, 0.6) is 0 Å². The van der Waals surface area contributed by atoms with Gasteiger partial charge < -0.3 is 25.2 Å². The molecule has 2 heterocycles. The van der Waals surface area contributed by atoms with Crippen molar-refractivity contribution in [1.82, 2.24) is 20.2 Å². The summed E-state index contributed by atoms with van der Waals surface area (Å²) in [4.78, 5) is 24.2. The first-order chi connectivity index (χ1) is 15.9. The minimum Gasteiger partial charge on any atom is -0.509 e. The van der Waals surface area contributed by atoms with Gasteiger partial charge in [-0.1, -0.05) is 19.9 Å². The lowest BCUT2D eigenvalue weighted by Gasteiger charge is -2.19. The third kappa shape index (κ3) is 4.61. The van der Waals surface area contributed by atoms with Crippen molar-refractivity contribution in [3.8, 4) is 0 Å². The standard InChI is InChI=1S/C25H30N6O2/c1-4-30(5-2)13-12-27-25(33)17-7-9-18(10-8-17)31-15-21(32)22(23(31)26)24-28-19-11-6-16(3)14-20(19)29-24/h6-11,14,26,32H,4-5,12-13,15H2,1-3H3,(H,27,33)(H,28,29). The number of aryl methyl sites for hydroxylation is 1. The zero-order valence-corrected chi connectivity index (χ0v) is 19.3. The van der Waals surface area contributed by atoms with Crippen LogP contribution in [-0.2, 0) is 0 Å². The van der Waals surface area contributed by atoms with Gasteiger partial charge in [0.05, 0.1) is 23.2 Å². The summed E-state index contributed by atoms with van der Waals surface area (Å²) in [5, 5.41) is 22.2. The number of nitrogens with one attached hydrogen (secondary N) is 3. The summed E-state index contributed by atoms with van der Waals surface area (Å²) in [6, 6.07) is 13.0. The van der Waals surface area contributed by atoms with Crippen LogP contribution in [0.1, 0.15) is 35.6 Å². The number of imidazole rings is 1. The summed E-state index contributed by atoms with van der Waals surface area (Å²) in [6.07, 6.45) is 0. The number of likely N-dealkylation sites (N-methyl/N-ethyl adjacent to an activating group) is 1. The van der Waals surface area contributed by atoms with Gasteiger partial charge in [-0.05, 0) is 62.0 Å². The zero-order valence-electron chi connectivity index (χ0n) is 19.3. The van der Waals surface area contributed by atoms with E-state index in [0.29, 0.717) is 23.5 Å². The number of amidine groups is 1. The molecular formula is C25H30N6O2. The molecule has 3 aromatic rings. The number of H-pyrrole nitrogens is 1. The molecule has 33 heavy (non-hydrogen) atoms. The lowest BCUT2D eigenvalue weighted by molar-refractivity contribution is 0.0949. The summed E-state index contributed by atoms with van der Waals surface area (Å²) < 4.78 is 0. The number of aromatic nitrogens is 2. The maximum Gasteiger partial charge on any atom is 0.251 e. The predicted molar refractivity (Wildman–Crippen MR) is 132 cm³/mol. The first-order valence-corrected chi connectivity index (χ1v) is 11.3. The van der Waals surface area contributed by atoms with Gasteiger partial charge in [-0.3, -0.25) is 10.2 Å². The highest BCUT2D eigenvalue weighted by Crippen LogP contribution is 2.31. The van der Waals surface area contributed by atoms with Crippen molar-refractivity contribution in [2.45, 2.75) is 20.8 Å². The van der Waals surface area contributed by atoms with Gasteiger partial charge in [-0.25, -0.2) is 4.98 Å². The second kappa shape index (κ2) is 9.46. The van der Waals surface area contributed by atoms with Crippen molar-refractivity contribution in [3.05, 3.63) is 65.2 Å². The minimum absolute atomic E-state index is 0.0917. The molecule has 2 aromatic carbocycles. The van der Waals surface area contributed by atoms with E-state index < -0.39 is 0 Å². The molecule has 0 aliphatic carbocycles. The highest BCUT2D eigenvalue weighted by atomic mass is 16.3. The van der Waals surface area contributed by atoms with Crippen LogP contribution < -0.4 is 10.2 Å². The molecule has 172 valence electrons. The molecule has 0 spiro atoms. The third-order valence-electron chi connectivity index (χ3n) is 6.03. The Morgan fingerprint density at radius 3 is 2.64 bits per heavy atom. The van der Waals surface area contributed by atoms with Crippen molar-refractivity contribution in [1.29, 1.82) is 5.41 Å². The Kier molecular flexibility index (Phi) is 6.46. The molecule has 8 nitrogen and oxygen atoms in total. The van der Waals surface area contributed by atoms with Crippen LogP contribution in [0.4, 0.5) is 5.69 Å². The van der Waals surface area contributed by atoms with E-state index in [9.17, 15) is 9.90 Å². The fraction of sp³-hybridized carbons (Fsp3) is 0.320. The van der Waals surface area contributed by atoms with Crippen molar-refractivity contribution in [3.63, 3.8) is 0 Å². The van der Waals surface area contributed by atoms with Crippen LogP contribution in [0, 0.1) is 12.3 Å². The number of anilines is 1. The number of rotatable bonds is 8. The molecule has 1 aliphatic rings. The van der Waals surface area contributed by atoms with Gasteiger partial charge in [-0.15, -0.1) is 0 Å². The molecule has 0 radical (unpaired) electrons. The largest absolute Gasteiger partial charge is 0.509 e. The second-order valence-electron chi connectivity index (χ2n) is 8.19. The van der Waals surface area contributed by atoms with E-state index in [1.54, 1.807) is 29.2 Å². The Morgan fingerprint density at radius 2 is 1.94 bits per heavy atom. The fourth-order valence-electron chi connectivity index (χ4n) is 4.05. The smallest absolute Gasteiger partial charge is 0.251 e. The maximum absolute atomic E-state index is 12.5.